The van der Waals surface area contributed by atoms with Gasteiger partial charge in [0.05, 0.1) is 23.9 Å². The molecule has 1 aromatic heterocycles. The number of fused-ring (bicyclic) bond motifs is 1. The Balaban J connectivity index is 2.33. The van der Waals surface area contributed by atoms with Crippen LogP contribution in [0.25, 0.3) is 10.9 Å². The van der Waals surface area contributed by atoms with E-state index in [0.29, 0.717) is 18.7 Å². The summed E-state index contributed by atoms with van der Waals surface area (Å²) in [6.07, 6.45) is 1.56. The molecule has 0 aliphatic rings. The molecule has 0 atom stereocenters. The fourth-order valence-electron chi connectivity index (χ4n) is 1.52. The average Bonchev–Trinajstić information content (AvgIpc) is 2.33. The van der Waals surface area contributed by atoms with Crippen molar-refractivity contribution in [2.75, 3.05) is 13.7 Å². The second-order valence-corrected chi connectivity index (χ2v) is 3.48. The van der Waals surface area contributed by atoms with Gasteiger partial charge in [-0.25, -0.2) is 4.98 Å². The number of nitrogens with one attached hydrogen (secondary N) is 2. The number of benzene rings is 1. The second-order valence-electron chi connectivity index (χ2n) is 3.48. The third-order valence-corrected chi connectivity index (χ3v) is 2.32. The zero-order chi connectivity index (χ0) is 11.4. The van der Waals surface area contributed by atoms with Crippen LogP contribution in [-0.2, 0) is 6.67 Å². The van der Waals surface area contributed by atoms with Crippen molar-refractivity contribution in [3.63, 3.8) is 0 Å². The number of para-hydroxylation sites is 1. The lowest BCUT2D eigenvalue weighted by Crippen LogP contribution is -2.32. The lowest BCUT2D eigenvalue weighted by atomic mass is 10.2. The van der Waals surface area contributed by atoms with Gasteiger partial charge in [0, 0.05) is 6.67 Å². The van der Waals surface area contributed by atoms with Gasteiger partial charge in [0.25, 0.3) is 5.56 Å². The lowest BCUT2D eigenvalue weighted by Gasteiger charge is -2.07. The molecule has 16 heavy (non-hydrogen) atoms. The zero-order valence-electron chi connectivity index (χ0n) is 9.10. The van der Waals surface area contributed by atoms with Crippen LogP contribution in [0.15, 0.2) is 35.4 Å². The van der Waals surface area contributed by atoms with Crippen LogP contribution < -0.4 is 16.2 Å². The zero-order valence-corrected chi connectivity index (χ0v) is 9.10. The van der Waals surface area contributed by atoms with Crippen LogP contribution in [0.2, 0.25) is 0 Å². The molecule has 0 fully saturated rings. The summed E-state index contributed by atoms with van der Waals surface area (Å²) in [5, 5.41) is 6.67. The van der Waals surface area contributed by atoms with Crippen molar-refractivity contribution in [3.8, 4) is 0 Å². The summed E-state index contributed by atoms with van der Waals surface area (Å²) in [5.41, 5.74) is 0.714. The van der Waals surface area contributed by atoms with Crippen LogP contribution in [0.5, 0.6) is 0 Å². The summed E-state index contributed by atoms with van der Waals surface area (Å²) in [4.78, 5) is 16.2. The Hall–Kier alpha value is -1.72. The van der Waals surface area contributed by atoms with E-state index in [-0.39, 0.29) is 5.56 Å². The number of hydrogen-bond donors (Lipinski definition) is 2. The summed E-state index contributed by atoms with van der Waals surface area (Å²) in [7, 11) is 1.84. The molecule has 0 radical (unpaired) electrons. The van der Waals surface area contributed by atoms with Gasteiger partial charge in [0.2, 0.25) is 0 Å². The van der Waals surface area contributed by atoms with Crippen molar-refractivity contribution < 1.29 is 0 Å². The van der Waals surface area contributed by atoms with Crippen molar-refractivity contribution in [1.29, 1.82) is 0 Å². The molecule has 0 bridgehead atoms. The lowest BCUT2D eigenvalue weighted by molar-refractivity contribution is 0.519. The first-order valence-corrected chi connectivity index (χ1v) is 5.12. The van der Waals surface area contributed by atoms with Crippen LogP contribution in [-0.4, -0.2) is 23.3 Å². The fourth-order valence-corrected chi connectivity index (χ4v) is 1.52. The molecule has 0 saturated heterocycles. The van der Waals surface area contributed by atoms with Gasteiger partial charge < -0.3 is 5.32 Å². The molecule has 1 heterocycles. The molecule has 0 aliphatic heterocycles. The van der Waals surface area contributed by atoms with Crippen LogP contribution in [0.4, 0.5) is 0 Å². The Morgan fingerprint density at radius 3 is 3.00 bits per heavy atom. The highest BCUT2D eigenvalue weighted by atomic mass is 16.1. The Kier molecular flexibility index (Phi) is 3.28. The fraction of sp³-hybridized carbons (Fsp3) is 0.273. The van der Waals surface area contributed by atoms with Crippen molar-refractivity contribution in [2.45, 2.75) is 6.67 Å². The van der Waals surface area contributed by atoms with E-state index < -0.39 is 0 Å². The summed E-state index contributed by atoms with van der Waals surface area (Å²) in [6, 6.07) is 7.34. The first-order valence-electron chi connectivity index (χ1n) is 5.12. The van der Waals surface area contributed by atoms with Crippen LogP contribution in [0, 0.1) is 0 Å². The van der Waals surface area contributed by atoms with Crippen LogP contribution >= 0.6 is 0 Å². The highest BCUT2D eigenvalue weighted by molar-refractivity contribution is 5.76. The minimum atomic E-state index is -0.0193. The minimum Gasteiger partial charge on any atom is -0.308 e. The normalized spacial score (nSPS) is 10.8. The summed E-state index contributed by atoms with van der Waals surface area (Å²) < 4.78 is 1.56. The Bertz CT molecular complexity index is 535. The van der Waals surface area contributed by atoms with E-state index in [0.717, 1.165) is 5.52 Å². The first kappa shape index (κ1) is 10.8. The van der Waals surface area contributed by atoms with Gasteiger partial charge in [-0.3, -0.25) is 14.7 Å². The van der Waals surface area contributed by atoms with Gasteiger partial charge in [0.15, 0.2) is 0 Å². The van der Waals surface area contributed by atoms with E-state index in [1.807, 2.05) is 25.2 Å². The van der Waals surface area contributed by atoms with E-state index in [1.165, 1.54) is 0 Å². The van der Waals surface area contributed by atoms with E-state index in [2.05, 4.69) is 15.6 Å². The maximum absolute atomic E-state index is 12.0. The maximum atomic E-state index is 12.0. The second kappa shape index (κ2) is 4.87. The monoisotopic (exact) mass is 218 g/mol. The smallest absolute Gasteiger partial charge is 0.262 e. The molecule has 5 heteroatoms. The number of nitrogens with zero attached hydrogens (tertiary/aromatic N) is 2. The van der Waals surface area contributed by atoms with E-state index in [9.17, 15) is 4.79 Å². The van der Waals surface area contributed by atoms with Crippen LogP contribution in [0.1, 0.15) is 0 Å². The highest BCUT2D eigenvalue weighted by Crippen LogP contribution is 2.03. The third-order valence-electron chi connectivity index (χ3n) is 2.32. The molecule has 0 saturated carbocycles. The maximum Gasteiger partial charge on any atom is 0.262 e. The molecule has 1 aromatic carbocycles. The predicted octanol–water partition coefficient (Wildman–Crippen LogP) is 0.120. The number of hydrogen-bond acceptors (Lipinski definition) is 4. The topological polar surface area (TPSA) is 58.9 Å². The molecule has 0 unspecified atom stereocenters. The number of aromatic nitrogens is 2. The van der Waals surface area contributed by atoms with Gasteiger partial charge in [-0.05, 0) is 19.2 Å². The van der Waals surface area contributed by atoms with Gasteiger partial charge in [-0.15, -0.1) is 0 Å². The van der Waals surface area contributed by atoms with Crippen molar-refractivity contribution in [3.05, 3.63) is 40.9 Å². The summed E-state index contributed by atoms with van der Waals surface area (Å²) in [6.45, 7) is 1.11. The molecule has 2 aromatic rings. The quantitative estimate of drug-likeness (QED) is 0.565. The standard InChI is InChI=1S/C11H14N4O/c1-12-6-13-7-15-8-14-10-5-3-2-4-9(10)11(15)16/h2-5,8,12-13H,6-7H2,1H3. The largest absolute Gasteiger partial charge is 0.308 e. The first-order chi connectivity index (χ1) is 7.83. The molecule has 0 aliphatic carbocycles. The number of rotatable bonds is 4. The average molecular weight is 218 g/mol. The van der Waals surface area contributed by atoms with Gasteiger partial charge >= 0.3 is 0 Å². The molecule has 0 spiro atoms. The molecule has 5 nitrogen and oxygen atoms in total. The van der Waals surface area contributed by atoms with Crippen molar-refractivity contribution in [2.24, 2.45) is 0 Å². The third kappa shape index (κ3) is 2.10. The van der Waals surface area contributed by atoms with Gasteiger partial charge in [0.1, 0.15) is 0 Å². The van der Waals surface area contributed by atoms with Gasteiger partial charge in [-0.1, -0.05) is 12.1 Å². The van der Waals surface area contributed by atoms with Crippen molar-refractivity contribution >= 4 is 10.9 Å². The highest BCUT2D eigenvalue weighted by Gasteiger charge is 2.01. The predicted molar refractivity (Wildman–Crippen MR) is 63.1 cm³/mol. The summed E-state index contributed by atoms with van der Waals surface area (Å²) in [5.74, 6) is 0. The van der Waals surface area contributed by atoms with E-state index >= 15 is 0 Å². The SMILES string of the molecule is CNCNCn1cnc2ccccc2c1=O. The molecular formula is C11H14N4O. The summed E-state index contributed by atoms with van der Waals surface area (Å²) >= 11 is 0. The Morgan fingerprint density at radius 2 is 2.19 bits per heavy atom. The van der Waals surface area contributed by atoms with E-state index in [1.54, 1.807) is 17.0 Å². The molecule has 0 amide bonds. The van der Waals surface area contributed by atoms with Crippen LogP contribution in [0.3, 0.4) is 0 Å². The van der Waals surface area contributed by atoms with Crippen molar-refractivity contribution in [1.82, 2.24) is 20.2 Å². The Labute approximate surface area is 93.1 Å². The molecular weight excluding hydrogens is 204 g/mol. The van der Waals surface area contributed by atoms with E-state index in [4.69, 9.17) is 0 Å². The molecule has 2 rings (SSSR count). The Morgan fingerprint density at radius 1 is 1.38 bits per heavy atom. The van der Waals surface area contributed by atoms with Gasteiger partial charge in [-0.2, -0.15) is 0 Å². The molecule has 84 valence electrons. The molecule has 2 N–H and O–H groups in total. The minimum absolute atomic E-state index is 0.0193.